The Morgan fingerprint density at radius 2 is 1.96 bits per heavy atom. The number of amides is 1. The second kappa shape index (κ2) is 8.51. The SMILES string of the molecule is CCn1c(SCC(=O)Nc2ccc(Br)c(C)c2)nnc1-c1ccccc1. The third-order valence-electron chi connectivity index (χ3n) is 3.84. The Kier molecular flexibility index (Phi) is 6.11. The van der Waals surface area contributed by atoms with Crippen molar-refractivity contribution < 1.29 is 4.79 Å². The molecular formula is C19H19BrN4OS. The largest absolute Gasteiger partial charge is 0.325 e. The molecule has 1 aromatic heterocycles. The third-order valence-corrected chi connectivity index (χ3v) is 5.70. The summed E-state index contributed by atoms with van der Waals surface area (Å²) < 4.78 is 3.05. The number of benzene rings is 2. The highest BCUT2D eigenvalue weighted by Crippen LogP contribution is 2.24. The van der Waals surface area contributed by atoms with Gasteiger partial charge in [0.05, 0.1) is 5.75 Å². The molecule has 0 bridgehead atoms. The summed E-state index contributed by atoms with van der Waals surface area (Å²) in [5.41, 5.74) is 2.88. The van der Waals surface area contributed by atoms with Crippen LogP contribution in [-0.2, 0) is 11.3 Å². The normalized spacial score (nSPS) is 10.7. The number of hydrogen-bond acceptors (Lipinski definition) is 4. The third kappa shape index (κ3) is 4.34. The number of halogens is 1. The van der Waals surface area contributed by atoms with Gasteiger partial charge in [-0.05, 0) is 37.6 Å². The zero-order valence-corrected chi connectivity index (χ0v) is 17.0. The molecule has 5 nitrogen and oxygen atoms in total. The predicted molar refractivity (Wildman–Crippen MR) is 109 cm³/mol. The molecule has 1 N–H and O–H groups in total. The van der Waals surface area contributed by atoms with E-state index in [1.165, 1.54) is 11.8 Å². The highest BCUT2D eigenvalue weighted by Gasteiger charge is 2.14. The van der Waals surface area contributed by atoms with Crippen molar-refractivity contribution in [2.75, 3.05) is 11.1 Å². The number of carbonyl (C=O) groups excluding carboxylic acids is 1. The number of rotatable bonds is 6. The van der Waals surface area contributed by atoms with E-state index >= 15 is 0 Å². The molecule has 0 saturated heterocycles. The summed E-state index contributed by atoms with van der Waals surface area (Å²) in [4.78, 5) is 12.3. The molecule has 0 fully saturated rings. The van der Waals surface area contributed by atoms with Gasteiger partial charge in [-0.15, -0.1) is 10.2 Å². The lowest BCUT2D eigenvalue weighted by Gasteiger charge is -2.08. The number of aryl methyl sites for hydroxylation is 1. The topological polar surface area (TPSA) is 59.8 Å². The molecule has 0 aliphatic carbocycles. The molecule has 2 aromatic carbocycles. The van der Waals surface area contributed by atoms with E-state index in [1.54, 1.807) is 0 Å². The Hall–Kier alpha value is -2.12. The van der Waals surface area contributed by atoms with Crippen LogP contribution < -0.4 is 5.32 Å². The fraction of sp³-hybridized carbons (Fsp3) is 0.211. The Balaban J connectivity index is 1.67. The molecule has 0 aliphatic rings. The lowest BCUT2D eigenvalue weighted by molar-refractivity contribution is -0.113. The summed E-state index contributed by atoms with van der Waals surface area (Å²) in [7, 11) is 0. The van der Waals surface area contributed by atoms with Crippen molar-refractivity contribution in [3.05, 3.63) is 58.6 Å². The van der Waals surface area contributed by atoms with Gasteiger partial charge in [-0.3, -0.25) is 4.79 Å². The molecule has 0 saturated carbocycles. The Labute approximate surface area is 165 Å². The average Bonchev–Trinajstić information content (AvgIpc) is 3.07. The molecule has 3 rings (SSSR count). The molecule has 7 heteroatoms. The highest BCUT2D eigenvalue weighted by atomic mass is 79.9. The van der Waals surface area contributed by atoms with E-state index in [-0.39, 0.29) is 11.7 Å². The Morgan fingerprint density at radius 3 is 2.65 bits per heavy atom. The van der Waals surface area contributed by atoms with E-state index in [0.29, 0.717) is 0 Å². The second-order valence-corrected chi connectivity index (χ2v) is 7.51. The zero-order valence-electron chi connectivity index (χ0n) is 14.6. The van der Waals surface area contributed by atoms with Crippen LogP contribution in [0.15, 0.2) is 58.2 Å². The maximum Gasteiger partial charge on any atom is 0.234 e. The predicted octanol–water partition coefficient (Wildman–Crippen LogP) is 4.77. The average molecular weight is 431 g/mol. The number of anilines is 1. The number of hydrogen-bond donors (Lipinski definition) is 1. The zero-order chi connectivity index (χ0) is 18.5. The molecule has 0 spiro atoms. The molecular weight excluding hydrogens is 412 g/mol. The van der Waals surface area contributed by atoms with Gasteiger partial charge in [-0.2, -0.15) is 0 Å². The first-order chi connectivity index (χ1) is 12.6. The van der Waals surface area contributed by atoms with Gasteiger partial charge in [0.25, 0.3) is 0 Å². The molecule has 26 heavy (non-hydrogen) atoms. The first kappa shape index (κ1) is 18.7. The Bertz CT molecular complexity index is 911. The molecule has 3 aromatic rings. The van der Waals surface area contributed by atoms with Crippen molar-refractivity contribution >= 4 is 39.3 Å². The quantitative estimate of drug-likeness (QED) is 0.572. The smallest absolute Gasteiger partial charge is 0.234 e. The number of thioether (sulfide) groups is 1. The van der Waals surface area contributed by atoms with E-state index in [9.17, 15) is 4.79 Å². The molecule has 1 heterocycles. The number of nitrogens with zero attached hydrogens (tertiary/aromatic N) is 3. The molecule has 134 valence electrons. The summed E-state index contributed by atoms with van der Waals surface area (Å²) in [6.45, 7) is 4.78. The van der Waals surface area contributed by atoms with Crippen LogP contribution in [0.5, 0.6) is 0 Å². The van der Waals surface area contributed by atoms with Crippen LogP contribution in [0, 0.1) is 6.92 Å². The van der Waals surface area contributed by atoms with Crippen LogP contribution in [0.2, 0.25) is 0 Å². The molecule has 0 aliphatic heterocycles. The summed E-state index contributed by atoms with van der Waals surface area (Å²) in [5, 5.41) is 12.2. The fourth-order valence-corrected chi connectivity index (χ4v) is 3.58. The van der Waals surface area contributed by atoms with Crippen LogP contribution in [0.25, 0.3) is 11.4 Å². The van der Waals surface area contributed by atoms with Gasteiger partial charge in [-0.25, -0.2) is 0 Å². The van der Waals surface area contributed by atoms with Crippen LogP contribution in [0.4, 0.5) is 5.69 Å². The lowest BCUT2D eigenvalue weighted by Crippen LogP contribution is -2.14. The van der Waals surface area contributed by atoms with Crippen LogP contribution >= 0.6 is 27.7 Å². The van der Waals surface area contributed by atoms with Crippen molar-refractivity contribution in [3.8, 4) is 11.4 Å². The minimum Gasteiger partial charge on any atom is -0.325 e. The standard InChI is InChI=1S/C19H19BrN4OS/c1-3-24-18(14-7-5-4-6-8-14)22-23-19(24)26-12-17(25)21-15-9-10-16(20)13(2)11-15/h4-11H,3,12H2,1-2H3,(H,21,25). The van der Waals surface area contributed by atoms with Gasteiger partial charge >= 0.3 is 0 Å². The summed E-state index contributed by atoms with van der Waals surface area (Å²) >= 11 is 4.85. The molecule has 0 unspecified atom stereocenters. The van der Waals surface area contributed by atoms with Crippen molar-refractivity contribution in [2.45, 2.75) is 25.5 Å². The summed E-state index contributed by atoms with van der Waals surface area (Å²) in [6, 6.07) is 15.7. The van der Waals surface area contributed by atoms with Gasteiger partial charge in [0, 0.05) is 22.3 Å². The van der Waals surface area contributed by atoms with Gasteiger partial charge in [0.2, 0.25) is 5.91 Å². The van der Waals surface area contributed by atoms with Crippen LogP contribution in [0.1, 0.15) is 12.5 Å². The monoisotopic (exact) mass is 430 g/mol. The van der Waals surface area contributed by atoms with Crippen molar-refractivity contribution in [1.29, 1.82) is 0 Å². The van der Waals surface area contributed by atoms with Crippen molar-refractivity contribution in [3.63, 3.8) is 0 Å². The maximum atomic E-state index is 12.3. The first-order valence-electron chi connectivity index (χ1n) is 8.26. The van der Waals surface area contributed by atoms with E-state index in [1.807, 2.05) is 66.9 Å². The highest BCUT2D eigenvalue weighted by molar-refractivity contribution is 9.10. The van der Waals surface area contributed by atoms with Gasteiger partial charge in [0.15, 0.2) is 11.0 Å². The lowest BCUT2D eigenvalue weighted by atomic mass is 10.2. The van der Waals surface area contributed by atoms with Gasteiger partial charge in [0.1, 0.15) is 0 Å². The summed E-state index contributed by atoms with van der Waals surface area (Å²) in [6.07, 6.45) is 0. The minimum atomic E-state index is -0.0661. The van der Waals surface area contributed by atoms with E-state index in [2.05, 4.69) is 31.4 Å². The van der Waals surface area contributed by atoms with E-state index in [4.69, 9.17) is 0 Å². The maximum absolute atomic E-state index is 12.3. The van der Waals surface area contributed by atoms with Gasteiger partial charge in [-0.1, -0.05) is 58.0 Å². The van der Waals surface area contributed by atoms with E-state index < -0.39 is 0 Å². The number of carbonyl (C=O) groups is 1. The minimum absolute atomic E-state index is 0.0661. The summed E-state index contributed by atoms with van der Waals surface area (Å²) in [5.74, 6) is 1.03. The van der Waals surface area contributed by atoms with E-state index in [0.717, 1.165) is 38.8 Å². The number of aromatic nitrogens is 3. The molecule has 0 radical (unpaired) electrons. The van der Waals surface area contributed by atoms with Gasteiger partial charge < -0.3 is 9.88 Å². The number of nitrogens with one attached hydrogen (secondary N) is 1. The van der Waals surface area contributed by atoms with Crippen molar-refractivity contribution in [1.82, 2.24) is 14.8 Å². The van der Waals surface area contributed by atoms with Crippen LogP contribution in [-0.4, -0.2) is 26.4 Å². The molecule has 0 atom stereocenters. The van der Waals surface area contributed by atoms with Crippen molar-refractivity contribution in [2.24, 2.45) is 0 Å². The first-order valence-corrected chi connectivity index (χ1v) is 10.0. The second-order valence-electron chi connectivity index (χ2n) is 5.72. The molecule has 1 amide bonds. The fourth-order valence-electron chi connectivity index (χ4n) is 2.53. The van der Waals surface area contributed by atoms with Crippen LogP contribution in [0.3, 0.4) is 0 Å². The Morgan fingerprint density at radius 1 is 1.19 bits per heavy atom.